The molecule has 96 valence electrons. The van der Waals surface area contributed by atoms with Crippen LogP contribution in [-0.2, 0) is 16.7 Å². The van der Waals surface area contributed by atoms with Crippen molar-refractivity contribution in [1.29, 1.82) is 0 Å². The first-order valence-corrected chi connectivity index (χ1v) is 7.14. The minimum atomic E-state index is 0.151. The summed E-state index contributed by atoms with van der Waals surface area (Å²) in [7, 11) is 0. The summed E-state index contributed by atoms with van der Waals surface area (Å²) in [6, 6.07) is 0.483. The number of nitrogens with one attached hydrogen (secondary N) is 1. The monoisotopic (exact) mass is 254 g/mol. The zero-order valence-electron chi connectivity index (χ0n) is 11.1. The molecule has 3 nitrogen and oxygen atoms in total. The predicted molar refractivity (Wildman–Crippen MR) is 71.5 cm³/mol. The standard InChI is InChI=1S/C13H22N2OS/c1-9-10(5-6-16-9)14-7-12-15-11(8-17-12)13(2,3)4/h8-10,14H,5-7H2,1-4H3. The van der Waals surface area contributed by atoms with Crippen LogP contribution < -0.4 is 5.32 Å². The van der Waals surface area contributed by atoms with Gasteiger partial charge in [-0.25, -0.2) is 4.98 Å². The molecule has 2 heterocycles. The number of nitrogens with zero attached hydrogens (tertiary/aromatic N) is 1. The first-order valence-electron chi connectivity index (χ1n) is 6.26. The van der Waals surface area contributed by atoms with E-state index in [0.717, 1.165) is 19.6 Å². The van der Waals surface area contributed by atoms with Crippen LogP contribution in [0.5, 0.6) is 0 Å². The minimum Gasteiger partial charge on any atom is -0.377 e. The second-order valence-electron chi connectivity index (χ2n) is 5.73. The van der Waals surface area contributed by atoms with Crippen LogP contribution in [0.25, 0.3) is 0 Å². The highest BCUT2D eigenvalue weighted by molar-refractivity contribution is 7.09. The molecule has 0 radical (unpaired) electrons. The molecule has 0 amide bonds. The lowest BCUT2D eigenvalue weighted by atomic mass is 9.93. The van der Waals surface area contributed by atoms with Crippen molar-refractivity contribution < 1.29 is 4.74 Å². The van der Waals surface area contributed by atoms with Crippen molar-refractivity contribution >= 4 is 11.3 Å². The smallest absolute Gasteiger partial charge is 0.107 e. The van der Waals surface area contributed by atoms with Crippen molar-refractivity contribution in [1.82, 2.24) is 10.3 Å². The van der Waals surface area contributed by atoms with Gasteiger partial charge in [-0.05, 0) is 13.3 Å². The van der Waals surface area contributed by atoms with Gasteiger partial charge in [-0.2, -0.15) is 0 Å². The van der Waals surface area contributed by atoms with Crippen LogP contribution in [0.2, 0.25) is 0 Å². The molecule has 0 aliphatic carbocycles. The third kappa shape index (κ3) is 3.27. The molecular weight excluding hydrogens is 232 g/mol. The normalized spacial score (nSPS) is 25.4. The summed E-state index contributed by atoms with van der Waals surface area (Å²) in [6.45, 7) is 10.5. The number of ether oxygens (including phenoxy) is 1. The van der Waals surface area contributed by atoms with Gasteiger partial charge >= 0.3 is 0 Å². The Bertz CT molecular complexity index is 370. The van der Waals surface area contributed by atoms with Gasteiger partial charge in [0.05, 0.1) is 11.8 Å². The molecule has 0 aromatic carbocycles. The van der Waals surface area contributed by atoms with E-state index in [9.17, 15) is 0 Å². The molecule has 1 aromatic heterocycles. The molecule has 1 aromatic rings. The fourth-order valence-electron chi connectivity index (χ4n) is 1.95. The van der Waals surface area contributed by atoms with Gasteiger partial charge in [0.15, 0.2) is 0 Å². The van der Waals surface area contributed by atoms with Crippen molar-refractivity contribution in [2.24, 2.45) is 0 Å². The molecule has 2 rings (SSSR count). The zero-order chi connectivity index (χ0) is 12.5. The maximum atomic E-state index is 5.53. The lowest BCUT2D eigenvalue weighted by Gasteiger charge is -2.15. The third-order valence-electron chi connectivity index (χ3n) is 3.21. The predicted octanol–water partition coefficient (Wildman–Crippen LogP) is 2.71. The summed E-state index contributed by atoms with van der Waals surface area (Å²) in [5.74, 6) is 0. The van der Waals surface area contributed by atoms with Crippen molar-refractivity contribution in [3.63, 3.8) is 0 Å². The second kappa shape index (κ2) is 5.04. The first-order chi connectivity index (χ1) is 7.97. The van der Waals surface area contributed by atoms with Gasteiger partial charge in [0, 0.05) is 30.0 Å². The van der Waals surface area contributed by atoms with Crippen LogP contribution in [-0.4, -0.2) is 23.7 Å². The van der Waals surface area contributed by atoms with Gasteiger partial charge in [0.25, 0.3) is 0 Å². The summed E-state index contributed by atoms with van der Waals surface area (Å²) in [5.41, 5.74) is 1.34. The van der Waals surface area contributed by atoms with Crippen molar-refractivity contribution in [3.05, 3.63) is 16.1 Å². The highest BCUT2D eigenvalue weighted by Crippen LogP contribution is 2.24. The Kier molecular flexibility index (Phi) is 3.85. The molecule has 0 saturated carbocycles. The molecule has 0 spiro atoms. The van der Waals surface area contributed by atoms with E-state index in [4.69, 9.17) is 4.74 Å². The Labute approximate surface area is 108 Å². The maximum absolute atomic E-state index is 5.53. The van der Waals surface area contributed by atoms with Gasteiger partial charge in [-0.15, -0.1) is 11.3 Å². The molecule has 1 fully saturated rings. The van der Waals surface area contributed by atoms with Crippen molar-refractivity contribution in [2.75, 3.05) is 6.61 Å². The molecule has 2 atom stereocenters. The van der Waals surface area contributed by atoms with Gasteiger partial charge < -0.3 is 10.1 Å². The second-order valence-corrected chi connectivity index (χ2v) is 6.67. The van der Waals surface area contributed by atoms with E-state index in [1.165, 1.54) is 10.7 Å². The molecule has 1 N–H and O–H groups in total. The van der Waals surface area contributed by atoms with Crippen LogP contribution in [0.4, 0.5) is 0 Å². The fourth-order valence-corrected chi connectivity index (χ4v) is 2.93. The average Bonchev–Trinajstić information content (AvgIpc) is 2.82. The number of thiazole rings is 1. The fraction of sp³-hybridized carbons (Fsp3) is 0.769. The first kappa shape index (κ1) is 13.0. The summed E-state index contributed by atoms with van der Waals surface area (Å²) in [5, 5.41) is 6.88. The lowest BCUT2D eigenvalue weighted by Crippen LogP contribution is -2.34. The molecule has 2 unspecified atom stereocenters. The quantitative estimate of drug-likeness (QED) is 0.900. The Hall–Kier alpha value is -0.450. The van der Waals surface area contributed by atoms with E-state index >= 15 is 0 Å². The Morgan fingerprint density at radius 1 is 1.53 bits per heavy atom. The number of hydrogen-bond donors (Lipinski definition) is 1. The number of hydrogen-bond acceptors (Lipinski definition) is 4. The SMILES string of the molecule is CC1OCCC1NCc1nc(C(C)(C)C)cs1. The zero-order valence-corrected chi connectivity index (χ0v) is 11.9. The molecule has 0 bridgehead atoms. The van der Waals surface area contributed by atoms with E-state index in [2.05, 4.69) is 43.4 Å². The Morgan fingerprint density at radius 3 is 2.82 bits per heavy atom. The number of rotatable bonds is 3. The summed E-state index contributed by atoms with van der Waals surface area (Å²) in [4.78, 5) is 4.68. The minimum absolute atomic E-state index is 0.151. The van der Waals surface area contributed by atoms with Crippen molar-refractivity contribution in [2.45, 2.75) is 58.2 Å². The largest absolute Gasteiger partial charge is 0.377 e. The van der Waals surface area contributed by atoms with E-state index < -0.39 is 0 Å². The number of aromatic nitrogens is 1. The topological polar surface area (TPSA) is 34.1 Å². The third-order valence-corrected chi connectivity index (χ3v) is 4.06. The van der Waals surface area contributed by atoms with E-state index in [1.807, 2.05) is 0 Å². The van der Waals surface area contributed by atoms with Gasteiger partial charge in [0.1, 0.15) is 5.01 Å². The van der Waals surface area contributed by atoms with Crippen LogP contribution in [0.3, 0.4) is 0 Å². The van der Waals surface area contributed by atoms with Gasteiger partial charge in [0.2, 0.25) is 0 Å². The van der Waals surface area contributed by atoms with Crippen LogP contribution in [0.1, 0.15) is 44.8 Å². The molecule has 1 saturated heterocycles. The maximum Gasteiger partial charge on any atom is 0.107 e. The Balaban J connectivity index is 1.89. The van der Waals surface area contributed by atoms with Crippen LogP contribution >= 0.6 is 11.3 Å². The van der Waals surface area contributed by atoms with Gasteiger partial charge in [-0.1, -0.05) is 20.8 Å². The summed E-state index contributed by atoms with van der Waals surface area (Å²) >= 11 is 1.75. The van der Waals surface area contributed by atoms with E-state index in [-0.39, 0.29) is 5.41 Å². The van der Waals surface area contributed by atoms with Crippen molar-refractivity contribution in [3.8, 4) is 0 Å². The molecule has 4 heteroatoms. The Morgan fingerprint density at radius 2 is 2.29 bits per heavy atom. The highest BCUT2D eigenvalue weighted by Gasteiger charge is 2.24. The van der Waals surface area contributed by atoms with E-state index in [0.29, 0.717) is 12.1 Å². The summed E-state index contributed by atoms with van der Waals surface area (Å²) in [6.07, 6.45) is 1.44. The van der Waals surface area contributed by atoms with Crippen LogP contribution in [0, 0.1) is 0 Å². The van der Waals surface area contributed by atoms with Crippen LogP contribution in [0.15, 0.2) is 5.38 Å². The van der Waals surface area contributed by atoms with Gasteiger partial charge in [-0.3, -0.25) is 0 Å². The lowest BCUT2D eigenvalue weighted by molar-refractivity contribution is 0.113. The van der Waals surface area contributed by atoms with E-state index in [1.54, 1.807) is 11.3 Å². The molecule has 1 aliphatic rings. The molecular formula is C13H22N2OS. The molecule has 1 aliphatic heterocycles. The highest BCUT2D eigenvalue weighted by atomic mass is 32.1. The average molecular weight is 254 g/mol. The molecule has 17 heavy (non-hydrogen) atoms. The summed E-state index contributed by atoms with van der Waals surface area (Å²) < 4.78 is 5.53.